The van der Waals surface area contributed by atoms with E-state index in [0.29, 0.717) is 17.9 Å². The van der Waals surface area contributed by atoms with E-state index in [9.17, 15) is 8.42 Å². The number of thiophene rings is 1. The largest absolute Gasteiger partial charge is 0.411 e. The molecular formula is C18H21NO5S2. The summed E-state index contributed by atoms with van der Waals surface area (Å²) < 4.78 is 37.7. The van der Waals surface area contributed by atoms with Gasteiger partial charge in [0.1, 0.15) is 9.81 Å². The first-order valence-corrected chi connectivity index (χ1v) is 10.4. The highest BCUT2D eigenvalue weighted by Gasteiger charge is 2.44. The molecule has 26 heavy (non-hydrogen) atoms. The Morgan fingerprint density at radius 1 is 1.23 bits per heavy atom. The summed E-state index contributed by atoms with van der Waals surface area (Å²) in [6.07, 6.45) is 0. The lowest BCUT2D eigenvalue weighted by atomic mass is 10.0. The molecule has 1 saturated heterocycles. The zero-order valence-corrected chi connectivity index (χ0v) is 16.6. The van der Waals surface area contributed by atoms with Crippen molar-refractivity contribution in [3.8, 4) is 0 Å². The van der Waals surface area contributed by atoms with Crippen molar-refractivity contribution >= 4 is 26.9 Å². The number of oxime groups is 1. The molecule has 1 aromatic carbocycles. The van der Waals surface area contributed by atoms with E-state index in [-0.39, 0.29) is 9.10 Å². The SMILES string of the molecule is C/C(=N/O)c1ccc(S(=O)(=O)c2cc([C@@]3(C)COC(C)(C)O3)cs2)cc1. The summed E-state index contributed by atoms with van der Waals surface area (Å²) in [7, 11) is -3.63. The van der Waals surface area contributed by atoms with Crippen molar-refractivity contribution in [1.29, 1.82) is 0 Å². The van der Waals surface area contributed by atoms with E-state index >= 15 is 0 Å². The second-order valence-corrected chi connectivity index (χ2v) is 9.98. The fraction of sp³-hybridized carbons (Fsp3) is 0.389. The molecule has 8 heteroatoms. The molecule has 1 atom stereocenters. The minimum atomic E-state index is -3.63. The molecule has 1 N–H and O–H groups in total. The van der Waals surface area contributed by atoms with Crippen molar-refractivity contribution in [1.82, 2.24) is 0 Å². The number of nitrogens with zero attached hydrogens (tertiary/aromatic N) is 1. The number of sulfone groups is 1. The molecule has 3 rings (SSSR count). The van der Waals surface area contributed by atoms with Crippen molar-refractivity contribution in [3.05, 3.63) is 46.8 Å². The predicted molar refractivity (Wildman–Crippen MR) is 98.7 cm³/mol. The second-order valence-electron chi connectivity index (χ2n) is 6.89. The lowest BCUT2D eigenvalue weighted by Crippen LogP contribution is -2.27. The summed E-state index contributed by atoms with van der Waals surface area (Å²) in [5.74, 6) is -0.697. The van der Waals surface area contributed by atoms with Gasteiger partial charge in [-0.2, -0.15) is 0 Å². The molecule has 2 aromatic rings. The average molecular weight is 396 g/mol. The maximum atomic E-state index is 12.9. The summed E-state index contributed by atoms with van der Waals surface area (Å²) >= 11 is 1.16. The maximum absolute atomic E-state index is 12.9. The van der Waals surface area contributed by atoms with Crippen molar-refractivity contribution in [2.24, 2.45) is 5.16 Å². The van der Waals surface area contributed by atoms with E-state index in [2.05, 4.69) is 5.16 Å². The first kappa shape index (κ1) is 19.0. The Hall–Kier alpha value is -1.74. The van der Waals surface area contributed by atoms with Gasteiger partial charge < -0.3 is 14.7 Å². The minimum Gasteiger partial charge on any atom is -0.411 e. The van der Waals surface area contributed by atoms with Gasteiger partial charge in [0.25, 0.3) is 0 Å². The molecule has 1 aliphatic heterocycles. The van der Waals surface area contributed by atoms with Crippen molar-refractivity contribution < 1.29 is 23.1 Å². The standard InChI is InChI=1S/C18H21NO5S2/c1-12(19-20)13-5-7-15(8-6-13)26(21,22)16-9-14(10-25-16)18(4)11-23-17(2,3)24-18/h5-10,20H,11H2,1-4H3/b19-12-/t18-/m1/s1. The quantitative estimate of drug-likeness (QED) is 0.484. The van der Waals surface area contributed by atoms with Crippen LogP contribution in [0.15, 0.2) is 50.0 Å². The van der Waals surface area contributed by atoms with Crippen molar-refractivity contribution in [2.75, 3.05) is 6.61 Å². The van der Waals surface area contributed by atoms with Gasteiger partial charge in [0.2, 0.25) is 9.84 Å². The van der Waals surface area contributed by atoms with Crippen LogP contribution in [0.3, 0.4) is 0 Å². The summed E-state index contributed by atoms with van der Waals surface area (Å²) in [5, 5.41) is 13.7. The third kappa shape index (κ3) is 3.42. The summed E-state index contributed by atoms with van der Waals surface area (Å²) in [6, 6.07) is 7.92. The summed E-state index contributed by atoms with van der Waals surface area (Å²) in [6.45, 7) is 7.57. The molecule has 0 amide bonds. The lowest BCUT2D eigenvalue weighted by molar-refractivity contribution is -0.159. The van der Waals surface area contributed by atoms with Crippen molar-refractivity contribution in [3.63, 3.8) is 0 Å². The van der Waals surface area contributed by atoms with Gasteiger partial charge in [-0.1, -0.05) is 17.3 Å². The molecule has 1 aliphatic rings. The van der Waals surface area contributed by atoms with E-state index in [1.807, 2.05) is 20.8 Å². The van der Waals surface area contributed by atoms with Crippen LogP contribution in [0.25, 0.3) is 0 Å². The highest BCUT2D eigenvalue weighted by atomic mass is 32.2. The van der Waals surface area contributed by atoms with Crippen LogP contribution in [-0.4, -0.2) is 31.7 Å². The zero-order valence-electron chi connectivity index (χ0n) is 15.0. The molecule has 140 valence electrons. The van der Waals surface area contributed by atoms with E-state index in [1.54, 1.807) is 30.5 Å². The highest BCUT2D eigenvalue weighted by molar-refractivity contribution is 7.93. The van der Waals surface area contributed by atoms with E-state index in [1.165, 1.54) is 12.1 Å². The first-order valence-electron chi connectivity index (χ1n) is 8.05. The van der Waals surface area contributed by atoms with Crippen LogP contribution in [0.5, 0.6) is 0 Å². The Kier molecular flexibility index (Phi) is 4.72. The van der Waals surface area contributed by atoms with E-state index < -0.39 is 21.2 Å². The molecule has 0 unspecified atom stereocenters. The van der Waals surface area contributed by atoms with Gasteiger partial charge in [-0.25, -0.2) is 8.42 Å². The lowest BCUT2D eigenvalue weighted by Gasteiger charge is -2.24. The van der Waals surface area contributed by atoms with Gasteiger partial charge in [-0.3, -0.25) is 0 Å². The molecule has 6 nitrogen and oxygen atoms in total. The van der Waals surface area contributed by atoms with Crippen LogP contribution in [0, 0.1) is 0 Å². The van der Waals surface area contributed by atoms with Crippen LogP contribution in [0.2, 0.25) is 0 Å². The molecule has 0 radical (unpaired) electrons. The molecule has 0 aliphatic carbocycles. The minimum absolute atomic E-state index is 0.189. The van der Waals surface area contributed by atoms with Crippen LogP contribution < -0.4 is 0 Å². The maximum Gasteiger partial charge on any atom is 0.215 e. The smallest absolute Gasteiger partial charge is 0.215 e. The fourth-order valence-corrected chi connectivity index (χ4v) is 5.54. The van der Waals surface area contributed by atoms with Gasteiger partial charge >= 0.3 is 0 Å². The zero-order chi connectivity index (χ0) is 19.2. The van der Waals surface area contributed by atoms with Gasteiger partial charge in [0.15, 0.2) is 5.79 Å². The molecule has 1 fully saturated rings. The van der Waals surface area contributed by atoms with Crippen LogP contribution in [-0.2, 0) is 24.9 Å². The Morgan fingerprint density at radius 3 is 2.42 bits per heavy atom. The fourth-order valence-electron chi connectivity index (χ4n) is 2.84. The van der Waals surface area contributed by atoms with E-state index in [4.69, 9.17) is 14.7 Å². The Labute approximate surface area is 157 Å². The monoisotopic (exact) mass is 395 g/mol. The van der Waals surface area contributed by atoms with Gasteiger partial charge in [-0.15, -0.1) is 11.3 Å². The predicted octanol–water partition coefficient (Wildman–Crippen LogP) is 3.78. The van der Waals surface area contributed by atoms with Crippen LogP contribution >= 0.6 is 11.3 Å². The number of ether oxygens (including phenoxy) is 2. The summed E-state index contributed by atoms with van der Waals surface area (Å²) in [4.78, 5) is 0.189. The molecule has 0 spiro atoms. The van der Waals surface area contributed by atoms with Gasteiger partial charge in [0, 0.05) is 0 Å². The number of hydrogen-bond donors (Lipinski definition) is 1. The second kappa shape index (κ2) is 6.45. The van der Waals surface area contributed by atoms with Gasteiger partial charge in [0.05, 0.1) is 17.2 Å². The third-order valence-electron chi connectivity index (χ3n) is 4.35. The normalized spacial score (nSPS) is 23.3. The Morgan fingerprint density at radius 2 is 1.88 bits per heavy atom. The summed E-state index contributed by atoms with van der Waals surface area (Å²) in [5.41, 5.74) is 1.18. The molecule has 0 bridgehead atoms. The molecule has 2 heterocycles. The van der Waals surface area contributed by atoms with Crippen molar-refractivity contribution in [2.45, 2.75) is 48.2 Å². The van der Waals surface area contributed by atoms with Gasteiger partial charge in [-0.05, 0) is 62.4 Å². The third-order valence-corrected chi connectivity index (χ3v) is 7.56. The Bertz CT molecular complexity index is 944. The van der Waals surface area contributed by atoms with Crippen LogP contribution in [0.4, 0.5) is 0 Å². The highest BCUT2D eigenvalue weighted by Crippen LogP contribution is 2.41. The Balaban J connectivity index is 1.91. The first-order chi connectivity index (χ1) is 12.1. The van der Waals surface area contributed by atoms with E-state index in [0.717, 1.165) is 16.9 Å². The number of benzene rings is 1. The average Bonchev–Trinajstić information content (AvgIpc) is 3.20. The van der Waals surface area contributed by atoms with Crippen LogP contribution in [0.1, 0.15) is 38.8 Å². The molecule has 1 aromatic heterocycles. The number of hydrogen-bond acceptors (Lipinski definition) is 7. The molecule has 0 saturated carbocycles. The topological polar surface area (TPSA) is 85.2 Å². The molecular weight excluding hydrogens is 374 g/mol. The number of rotatable bonds is 4.